The molecule has 0 bridgehead atoms. The van der Waals surface area contributed by atoms with Crippen LogP contribution in [0, 0.1) is 3.57 Å². The van der Waals surface area contributed by atoms with E-state index in [2.05, 4.69) is 4.98 Å². The standard InChI is InChI=1S/C6H3ClINO2/c7-5-4(6(10)11)3(8)1-2-9-5/h1-2H,(H,10,11). The van der Waals surface area contributed by atoms with Crippen molar-refractivity contribution in [1.82, 2.24) is 4.98 Å². The fraction of sp³-hybridized carbons (Fsp3) is 0. The van der Waals surface area contributed by atoms with Crippen molar-refractivity contribution in [1.29, 1.82) is 0 Å². The lowest BCUT2D eigenvalue weighted by molar-refractivity contribution is 0.0695. The zero-order valence-electron chi connectivity index (χ0n) is 5.21. The van der Waals surface area contributed by atoms with Gasteiger partial charge < -0.3 is 5.11 Å². The molecule has 0 aliphatic carbocycles. The molecule has 1 heterocycles. The molecule has 0 spiro atoms. The smallest absolute Gasteiger partial charge is 0.339 e. The summed E-state index contributed by atoms with van der Waals surface area (Å²) in [6, 6.07) is 1.59. The van der Waals surface area contributed by atoms with Gasteiger partial charge >= 0.3 is 5.97 Å². The molecule has 1 aromatic rings. The van der Waals surface area contributed by atoms with Gasteiger partial charge in [0.1, 0.15) is 10.7 Å². The third kappa shape index (κ3) is 1.81. The molecular weight excluding hydrogens is 280 g/mol. The van der Waals surface area contributed by atoms with Gasteiger partial charge in [0.2, 0.25) is 0 Å². The average Bonchev–Trinajstić information content (AvgIpc) is 1.85. The highest BCUT2D eigenvalue weighted by Gasteiger charge is 2.12. The normalized spacial score (nSPS) is 9.64. The van der Waals surface area contributed by atoms with Crippen LogP contribution in [-0.2, 0) is 0 Å². The molecule has 11 heavy (non-hydrogen) atoms. The van der Waals surface area contributed by atoms with Gasteiger partial charge in [0.15, 0.2) is 0 Å². The number of carbonyl (C=O) groups is 1. The Morgan fingerprint density at radius 3 is 2.73 bits per heavy atom. The average molecular weight is 283 g/mol. The first-order chi connectivity index (χ1) is 5.13. The van der Waals surface area contributed by atoms with Crippen LogP contribution in [0.1, 0.15) is 10.4 Å². The highest BCUT2D eigenvalue weighted by molar-refractivity contribution is 14.1. The molecule has 0 aliphatic heterocycles. The predicted molar refractivity (Wildman–Crippen MR) is 48.9 cm³/mol. The van der Waals surface area contributed by atoms with Gasteiger partial charge in [0.05, 0.1) is 0 Å². The first kappa shape index (κ1) is 8.73. The number of nitrogens with zero attached hydrogens (tertiary/aromatic N) is 1. The monoisotopic (exact) mass is 283 g/mol. The van der Waals surface area contributed by atoms with Crippen molar-refractivity contribution < 1.29 is 9.90 Å². The summed E-state index contributed by atoms with van der Waals surface area (Å²) in [5.74, 6) is -1.05. The maximum absolute atomic E-state index is 10.5. The minimum absolute atomic E-state index is 0.0319. The Kier molecular flexibility index (Phi) is 2.67. The molecule has 3 nitrogen and oxygen atoms in total. The van der Waals surface area contributed by atoms with Crippen LogP contribution < -0.4 is 0 Å². The number of pyridine rings is 1. The van der Waals surface area contributed by atoms with E-state index in [0.717, 1.165) is 0 Å². The van der Waals surface area contributed by atoms with Crippen LogP contribution in [0.3, 0.4) is 0 Å². The van der Waals surface area contributed by atoms with E-state index in [1.54, 1.807) is 6.07 Å². The van der Waals surface area contributed by atoms with Crippen LogP contribution in [0.15, 0.2) is 12.3 Å². The number of halogens is 2. The summed E-state index contributed by atoms with van der Waals surface area (Å²) in [5, 5.41) is 8.65. The van der Waals surface area contributed by atoms with Crippen LogP contribution in [0.4, 0.5) is 0 Å². The maximum atomic E-state index is 10.5. The summed E-state index contributed by atoms with van der Waals surface area (Å²) >= 11 is 7.42. The van der Waals surface area contributed by atoms with Crippen LogP contribution >= 0.6 is 34.2 Å². The molecule has 1 rings (SSSR count). The first-order valence-electron chi connectivity index (χ1n) is 2.66. The van der Waals surface area contributed by atoms with Gasteiger partial charge in [0, 0.05) is 9.77 Å². The second-order valence-corrected chi connectivity index (χ2v) is 3.28. The molecule has 0 saturated heterocycles. The molecule has 1 N–H and O–H groups in total. The summed E-state index contributed by atoms with van der Waals surface area (Å²) in [6.07, 6.45) is 1.47. The molecule has 0 amide bonds. The fourth-order valence-electron chi connectivity index (χ4n) is 0.605. The number of carboxylic acids is 1. The molecule has 0 saturated carbocycles. The molecule has 0 atom stereocenters. The number of hydrogen-bond donors (Lipinski definition) is 1. The quantitative estimate of drug-likeness (QED) is 0.634. The van der Waals surface area contributed by atoms with Gasteiger partial charge in [-0.15, -0.1) is 0 Å². The molecule has 0 radical (unpaired) electrons. The second kappa shape index (κ2) is 3.36. The molecule has 0 aliphatic rings. The van der Waals surface area contributed by atoms with Gasteiger partial charge in [-0.3, -0.25) is 0 Å². The van der Waals surface area contributed by atoms with Gasteiger partial charge in [-0.05, 0) is 28.7 Å². The molecule has 0 fully saturated rings. The Bertz CT molecular complexity index is 282. The van der Waals surface area contributed by atoms with E-state index in [-0.39, 0.29) is 10.7 Å². The third-order valence-electron chi connectivity index (χ3n) is 1.07. The Morgan fingerprint density at radius 1 is 1.73 bits per heavy atom. The van der Waals surface area contributed by atoms with Crippen molar-refractivity contribution in [2.45, 2.75) is 0 Å². The molecule has 0 aromatic carbocycles. The lowest BCUT2D eigenvalue weighted by Gasteiger charge is -1.98. The highest BCUT2D eigenvalue weighted by Crippen LogP contribution is 2.18. The van der Waals surface area contributed by atoms with E-state index >= 15 is 0 Å². The van der Waals surface area contributed by atoms with Crippen molar-refractivity contribution in [3.8, 4) is 0 Å². The van der Waals surface area contributed by atoms with Crippen molar-refractivity contribution in [3.05, 3.63) is 26.5 Å². The Labute approximate surface area is 81.5 Å². The SMILES string of the molecule is O=C(O)c1c(I)ccnc1Cl. The van der Waals surface area contributed by atoms with Crippen LogP contribution in [0.25, 0.3) is 0 Å². The van der Waals surface area contributed by atoms with E-state index < -0.39 is 5.97 Å². The van der Waals surface area contributed by atoms with E-state index in [1.807, 2.05) is 22.6 Å². The highest BCUT2D eigenvalue weighted by atomic mass is 127. The zero-order chi connectivity index (χ0) is 8.43. The van der Waals surface area contributed by atoms with E-state index in [4.69, 9.17) is 16.7 Å². The number of rotatable bonds is 1. The molecule has 1 aromatic heterocycles. The molecular formula is C6H3ClINO2. The van der Waals surface area contributed by atoms with Gasteiger partial charge in [0.25, 0.3) is 0 Å². The molecule has 58 valence electrons. The second-order valence-electron chi connectivity index (χ2n) is 1.76. The minimum atomic E-state index is -1.05. The summed E-state index contributed by atoms with van der Waals surface area (Å²) < 4.78 is 0.593. The lowest BCUT2D eigenvalue weighted by atomic mass is 10.3. The van der Waals surface area contributed by atoms with Crippen LogP contribution in [0.5, 0.6) is 0 Å². The summed E-state index contributed by atoms with van der Waals surface area (Å²) in [6.45, 7) is 0. The number of aromatic carboxylic acids is 1. The predicted octanol–water partition coefficient (Wildman–Crippen LogP) is 2.04. The molecule has 5 heteroatoms. The van der Waals surface area contributed by atoms with Gasteiger partial charge in [-0.2, -0.15) is 0 Å². The Morgan fingerprint density at radius 2 is 2.36 bits per heavy atom. The zero-order valence-corrected chi connectivity index (χ0v) is 8.13. The minimum Gasteiger partial charge on any atom is -0.478 e. The van der Waals surface area contributed by atoms with Crippen molar-refractivity contribution >= 4 is 40.2 Å². The summed E-state index contributed by atoms with van der Waals surface area (Å²) in [5.41, 5.74) is 0.0646. The number of carboxylic acid groups (broad SMARTS) is 1. The number of hydrogen-bond acceptors (Lipinski definition) is 2. The largest absolute Gasteiger partial charge is 0.478 e. The van der Waals surface area contributed by atoms with E-state index in [0.29, 0.717) is 3.57 Å². The van der Waals surface area contributed by atoms with Crippen LogP contribution in [-0.4, -0.2) is 16.1 Å². The fourth-order valence-corrected chi connectivity index (χ4v) is 1.65. The lowest BCUT2D eigenvalue weighted by Crippen LogP contribution is -2.01. The first-order valence-corrected chi connectivity index (χ1v) is 4.12. The van der Waals surface area contributed by atoms with Crippen molar-refractivity contribution in [3.63, 3.8) is 0 Å². The summed E-state index contributed by atoms with van der Waals surface area (Å²) in [4.78, 5) is 14.2. The summed E-state index contributed by atoms with van der Waals surface area (Å²) in [7, 11) is 0. The van der Waals surface area contributed by atoms with E-state index in [1.165, 1.54) is 6.20 Å². The van der Waals surface area contributed by atoms with Gasteiger partial charge in [-0.25, -0.2) is 9.78 Å². The third-order valence-corrected chi connectivity index (χ3v) is 2.25. The Hall–Kier alpha value is -0.360. The topological polar surface area (TPSA) is 50.2 Å². The van der Waals surface area contributed by atoms with Gasteiger partial charge in [-0.1, -0.05) is 11.6 Å². The van der Waals surface area contributed by atoms with Crippen molar-refractivity contribution in [2.75, 3.05) is 0 Å². The maximum Gasteiger partial charge on any atom is 0.339 e. The number of aromatic nitrogens is 1. The molecule has 0 unspecified atom stereocenters. The van der Waals surface area contributed by atoms with Crippen LogP contribution in [0.2, 0.25) is 5.15 Å². The Balaban J connectivity index is 3.32. The van der Waals surface area contributed by atoms with Crippen molar-refractivity contribution in [2.24, 2.45) is 0 Å². The van der Waals surface area contributed by atoms with E-state index in [9.17, 15) is 4.79 Å².